The Morgan fingerprint density at radius 3 is 2.67 bits per heavy atom. The van der Waals surface area contributed by atoms with Gasteiger partial charge in [0.25, 0.3) is 5.91 Å². The van der Waals surface area contributed by atoms with Gasteiger partial charge in [0, 0.05) is 29.1 Å². The second-order valence-corrected chi connectivity index (χ2v) is 5.56. The predicted octanol–water partition coefficient (Wildman–Crippen LogP) is 3.27. The summed E-state index contributed by atoms with van der Waals surface area (Å²) in [6.07, 6.45) is 5.35. The second-order valence-electron chi connectivity index (χ2n) is 5.13. The number of amides is 1. The molecular formula is C15H15ClN4O. The van der Waals surface area contributed by atoms with E-state index in [0.29, 0.717) is 28.3 Å². The van der Waals surface area contributed by atoms with Gasteiger partial charge in [-0.3, -0.25) is 4.79 Å². The lowest BCUT2D eigenvalue weighted by molar-refractivity contribution is 0.102. The fourth-order valence-corrected chi connectivity index (χ4v) is 2.03. The third-order valence-electron chi connectivity index (χ3n) is 3.27. The zero-order valence-corrected chi connectivity index (χ0v) is 12.3. The van der Waals surface area contributed by atoms with Crippen molar-refractivity contribution in [2.75, 3.05) is 10.6 Å². The van der Waals surface area contributed by atoms with E-state index in [9.17, 15) is 4.79 Å². The van der Waals surface area contributed by atoms with Gasteiger partial charge < -0.3 is 10.6 Å². The van der Waals surface area contributed by atoms with Crippen LogP contribution >= 0.6 is 11.6 Å². The smallest absolute Gasteiger partial charge is 0.258 e. The largest absolute Gasteiger partial charge is 0.351 e. The van der Waals surface area contributed by atoms with Gasteiger partial charge in [0.2, 0.25) is 5.95 Å². The molecule has 0 unspecified atom stereocenters. The molecule has 1 aliphatic carbocycles. The Kier molecular flexibility index (Phi) is 3.75. The summed E-state index contributed by atoms with van der Waals surface area (Å²) in [5.74, 6) is 0.311. The van der Waals surface area contributed by atoms with Crippen LogP contribution in [0.1, 0.15) is 28.8 Å². The van der Waals surface area contributed by atoms with Crippen LogP contribution in [0.25, 0.3) is 0 Å². The standard InChI is InChI=1S/C15H15ClN4O/c1-9-2-3-11(16)6-13(9)20-14(21)10-7-17-15(18-8-10)19-12-4-5-12/h2-3,6-8,12H,4-5H2,1H3,(H,20,21)(H,17,18,19). The van der Waals surface area contributed by atoms with E-state index in [-0.39, 0.29) is 5.91 Å². The molecule has 2 N–H and O–H groups in total. The van der Waals surface area contributed by atoms with Gasteiger partial charge in [0.05, 0.1) is 5.56 Å². The van der Waals surface area contributed by atoms with Crippen molar-refractivity contribution in [3.63, 3.8) is 0 Å². The van der Waals surface area contributed by atoms with Gasteiger partial charge in [-0.2, -0.15) is 0 Å². The highest BCUT2D eigenvalue weighted by Crippen LogP contribution is 2.23. The molecule has 1 aromatic carbocycles. The zero-order valence-electron chi connectivity index (χ0n) is 11.6. The number of halogens is 1. The average Bonchev–Trinajstić information content (AvgIpc) is 3.27. The van der Waals surface area contributed by atoms with Crippen molar-refractivity contribution in [2.24, 2.45) is 0 Å². The summed E-state index contributed by atoms with van der Waals surface area (Å²) in [6.45, 7) is 1.91. The van der Waals surface area contributed by atoms with Crippen molar-refractivity contribution in [2.45, 2.75) is 25.8 Å². The molecule has 21 heavy (non-hydrogen) atoms. The maximum Gasteiger partial charge on any atom is 0.258 e. The van der Waals surface area contributed by atoms with Gasteiger partial charge in [0.1, 0.15) is 0 Å². The van der Waals surface area contributed by atoms with Crippen LogP contribution in [-0.2, 0) is 0 Å². The van der Waals surface area contributed by atoms with Gasteiger partial charge in [-0.15, -0.1) is 0 Å². The molecule has 0 atom stereocenters. The number of nitrogens with zero attached hydrogens (tertiary/aromatic N) is 2. The van der Waals surface area contributed by atoms with E-state index in [1.807, 2.05) is 13.0 Å². The molecule has 0 saturated heterocycles. The molecule has 0 spiro atoms. The lowest BCUT2D eigenvalue weighted by atomic mass is 10.2. The number of aryl methyl sites for hydroxylation is 1. The van der Waals surface area contributed by atoms with E-state index < -0.39 is 0 Å². The van der Waals surface area contributed by atoms with Gasteiger partial charge in [-0.05, 0) is 37.5 Å². The molecule has 1 amide bonds. The summed E-state index contributed by atoms with van der Waals surface area (Å²) in [5, 5.41) is 6.57. The molecule has 1 saturated carbocycles. The van der Waals surface area contributed by atoms with Crippen LogP contribution in [0, 0.1) is 6.92 Å². The van der Waals surface area contributed by atoms with Gasteiger partial charge in [0.15, 0.2) is 0 Å². The van der Waals surface area contributed by atoms with E-state index in [2.05, 4.69) is 20.6 Å². The van der Waals surface area contributed by atoms with E-state index >= 15 is 0 Å². The normalized spacial score (nSPS) is 13.8. The van der Waals surface area contributed by atoms with Crippen LogP contribution < -0.4 is 10.6 Å². The number of rotatable bonds is 4. The first-order valence-electron chi connectivity index (χ1n) is 6.78. The van der Waals surface area contributed by atoms with E-state index in [1.165, 1.54) is 12.4 Å². The highest BCUT2D eigenvalue weighted by atomic mass is 35.5. The Bertz CT molecular complexity index is 668. The number of benzene rings is 1. The topological polar surface area (TPSA) is 66.9 Å². The molecule has 0 aliphatic heterocycles. The lowest BCUT2D eigenvalue weighted by Crippen LogP contribution is -2.14. The quantitative estimate of drug-likeness (QED) is 0.909. The minimum atomic E-state index is -0.252. The van der Waals surface area contributed by atoms with E-state index in [1.54, 1.807) is 12.1 Å². The van der Waals surface area contributed by atoms with Crippen molar-refractivity contribution in [1.82, 2.24) is 9.97 Å². The Hall–Kier alpha value is -2.14. The van der Waals surface area contributed by atoms with Crippen molar-refractivity contribution in [3.8, 4) is 0 Å². The number of carbonyl (C=O) groups excluding carboxylic acids is 1. The lowest BCUT2D eigenvalue weighted by Gasteiger charge is -2.09. The number of hydrogen-bond donors (Lipinski definition) is 2. The summed E-state index contributed by atoms with van der Waals surface area (Å²) in [6, 6.07) is 5.85. The molecule has 1 fully saturated rings. The van der Waals surface area contributed by atoms with E-state index in [4.69, 9.17) is 11.6 Å². The zero-order chi connectivity index (χ0) is 14.8. The van der Waals surface area contributed by atoms with Crippen LogP contribution in [0.3, 0.4) is 0 Å². The maximum atomic E-state index is 12.2. The number of carbonyl (C=O) groups is 1. The monoisotopic (exact) mass is 302 g/mol. The summed E-state index contributed by atoms with van der Waals surface area (Å²) in [5.41, 5.74) is 2.05. The first-order valence-corrected chi connectivity index (χ1v) is 7.16. The molecule has 2 aromatic rings. The Morgan fingerprint density at radius 1 is 1.29 bits per heavy atom. The summed E-state index contributed by atoms with van der Waals surface area (Å²) < 4.78 is 0. The first kappa shape index (κ1) is 13.8. The fourth-order valence-electron chi connectivity index (χ4n) is 1.85. The van der Waals surface area contributed by atoms with Gasteiger partial charge in [-0.25, -0.2) is 9.97 Å². The van der Waals surface area contributed by atoms with E-state index in [0.717, 1.165) is 18.4 Å². The van der Waals surface area contributed by atoms with Crippen molar-refractivity contribution >= 4 is 29.1 Å². The molecule has 108 valence electrons. The molecule has 5 nitrogen and oxygen atoms in total. The summed E-state index contributed by atoms with van der Waals surface area (Å²) in [4.78, 5) is 20.5. The minimum absolute atomic E-state index is 0.252. The van der Waals surface area contributed by atoms with Gasteiger partial charge >= 0.3 is 0 Å². The highest BCUT2D eigenvalue weighted by Gasteiger charge is 2.21. The number of aromatic nitrogens is 2. The summed E-state index contributed by atoms with van der Waals surface area (Å²) in [7, 11) is 0. The molecule has 6 heteroatoms. The first-order chi connectivity index (χ1) is 10.1. The molecule has 3 rings (SSSR count). The van der Waals surface area contributed by atoms with Crippen LogP contribution in [0.2, 0.25) is 5.02 Å². The summed E-state index contributed by atoms with van der Waals surface area (Å²) >= 11 is 5.94. The van der Waals surface area contributed by atoms with Crippen molar-refractivity contribution in [1.29, 1.82) is 0 Å². The van der Waals surface area contributed by atoms with Crippen LogP contribution in [0.15, 0.2) is 30.6 Å². The molecule has 0 radical (unpaired) electrons. The third-order valence-corrected chi connectivity index (χ3v) is 3.51. The van der Waals surface area contributed by atoms with Crippen molar-refractivity contribution < 1.29 is 4.79 Å². The Balaban J connectivity index is 1.70. The Labute approximate surface area is 127 Å². The molecule has 0 bridgehead atoms. The minimum Gasteiger partial charge on any atom is -0.351 e. The maximum absolute atomic E-state index is 12.2. The van der Waals surface area contributed by atoms with Gasteiger partial charge in [-0.1, -0.05) is 17.7 Å². The van der Waals surface area contributed by atoms with Crippen molar-refractivity contribution in [3.05, 3.63) is 46.7 Å². The highest BCUT2D eigenvalue weighted by molar-refractivity contribution is 6.31. The number of hydrogen-bond acceptors (Lipinski definition) is 4. The second kappa shape index (κ2) is 5.69. The molecule has 1 aliphatic rings. The number of nitrogens with one attached hydrogen (secondary N) is 2. The molecular weight excluding hydrogens is 288 g/mol. The SMILES string of the molecule is Cc1ccc(Cl)cc1NC(=O)c1cnc(NC2CC2)nc1. The Morgan fingerprint density at radius 2 is 2.00 bits per heavy atom. The van der Waals surface area contributed by atoms with Crippen LogP contribution in [-0.4, -0.2) is 21.9 Å². The predicted molar refractivity (Wildman–Crippen MR) is 82.8 cm³/mol. The van der Waals surface area contributed by atoms with Crippen LogP contribution in [0.4, 0.5) is 11.6 Å². The fraction of sp³-hybridized carbons (Fsp3) is 0.267. The average molecular weight is 303 g/mol. The third kappa shape index (κ3) is 3.49. The number of anilines is 2. The molecule has 1 aromatic heterocycles. The van der Waals surface area contributed by atoms with Crippen LogP contribution in [0.5, 0.6) is 0 Å². The molecule has 1 heterocycles.